The van der Waals surface area contributed by atoms with Crippen LogP contribution < -0.4 is 10.1 Å². The van der Waals surface area contributed by atoms with Gasteiger partial charge in [0, 0.05) is 5.02 Å². The molecule has 1 N–H and O–H groups in total. The van der Waals surface area contributed by atoms with E-state index in [9.17, 15) is 14.9 Å². The van der Waals surface area contributed by atoms with Crippen LogP contribution in [0, 0.1) is 18.3 Å². The molecule has 0 bridgehead atoms. The van der Waals surface area contributed by atoms with Crippen molar-refractivity contribution in [3.63, 3.8) is 0 Å². The fourth-order valence-corrected chi connectivity index (χ4v) is 2.39. The first-order valence-electron chi connectivity index (χ1n) is 7.46. The van der Waals surface area contributed by atoms with Crippen LogP contribution in [-0.2, 0) is 4.79 Å². The number of ether oxygens (including phenoxy) is 1. The minimum absolute atomic E-state index is 0.000595. The van der Waals surface area contributed by atoms with Crippen LogP contribution in [0.5, 0.6) is 5.75 Å². The summed E-state index contributed by atoms with van der Waals surface area (Å²) in [4.78, 5) is 24.2. The number of rotatable bonds is 5. The topological polar surface area (TPSA) is 92.3 Å². The molecule has 25 heavy (non-hydrogen) atoms. The van der Waals surface area contributed by atoms with Gasteiger partial charge in [-0.25, -0.2) is 0 Å². The lowest BCUT2D eigenvalue weighted by molar-refractivity contribution is -0.128. The largest absolute Gasteiger partial charge is 0.478 e. The molecule has 130 valence electrons. The third-order valence-electron chi connectivity index (χ3n) is 3.51. The average molecular weight is 361 g/mol. The van der Waals surface area contributed by atoms with Gasteiger partial charge in [-0.3, -0.25) is 14.9 Å². The van der Waals surface area contributed by atoms with Gasteiger partial charge < -0.3 is 9.15 Å². The minimum atomic E-state index is -1.25. The number of nitrogens with zero attached hydrogens (tertiary/aromatic N) is 1. The number of nitrogens with one attached hydrogen (secondary N) is 1. The molecule has 0 aliphatic rings. The molecule has 1 aromatic heterocycles. The summed E-state index contributed by atoms with van der Waals surface area (Å²) < 4.78 is 11.1. The first kappa shape index (κ1) is 18.6. The van der Waals surface area contributed by atoms with Gasteiger partial charge in [-0.05, 0) is 52.0 Å². The molecule has 1 heterocycles. The fraction of sp³-hybridized carbons (Fsp3) is 0.278. The highest BCUT2D eigenvalue weighted by Crippen LogP contribution is 2.28. The summed E-state index contributed by atoms with van der Waals surface area (Å²) in [6, 6.07) is 8.47. The number of hydrogen-bond acceptors (Lipinski definition) is 5. The molecule has 0 radical (unpaired) electrons. The van der Waals surface area contributed by atoms with Crippen molar-refractivity contribution in [1.82, 2.24) is 0 Å². The van der Waals surface area contributed by atoms with Crippen molar-refractivity contribution in [2.75, 3.05) is 5.32 Å². The van der Waals surface area contributed by atoms with Crippen LogP contribution in [0.2, 0.25) is 5.02 Å². The standard InChI is InChI=1S/C18H17ClN2O4/c1-10(22)15-11(2)24-16(14(15)9-20)21-17(23)18(3,4)25-13-7-5-12(19)6-8-13/h5-8H,1-4H3,(H,21,23). The van der Waals surface area contributed by atoms with Crippen LogP contribution in [0.15, 0.2) is 28.7 Å². The van der Waals surface area contributed by atoms with Crippen molar-refractivity contribution in [2.45, 2.75) is 33.3 Å². The van der Waals surface area contributed by atoms with E-state index in [-0.39, 0.29) is 28.6 Å². The zero-order valence-electron chi connectivity index (χ0n) is 14.3. The Labute approximate surface area is 150 Å². The number of benzene rings is 1. The van der Waals surface area contributed by atoms with Crippen LogP contribution in [-0.4, -0.2) is 17.3 Å². The molecular formula is C18H17ClN2O4. The molecule has 1 amide bonds. The third kappa shape index (κ3) is 4.01. The summed E-state index contributed by atoms with van der Waals surface area (Å²) in [7, 11) is 0. The zero-order valence-corrected chi connectivity index (χ0v) is 15.0. The van der Waals surface area contributed by atoms with Crippen molar-refractivity contribution < 1.29 is 18.7 Å². The fourth-order valence-electron chi connectivity index (χ4n) is 2.26. The number of halogens is 1. The molecule has 1 aromatic carbocycles. The Kier molecular flexibility index (Phi) is 5.19. The van der Waals surface area contributed by atoms with Gasteiger partial charge in [-0.15, -0.1) is 0 Å². The number of amides is 1. The Morgan fingerprint density at radius 2 is 1.88 bits per heavy atom. The lowest BCUT2D eigenvalue weighted by Crippen LogP contribution is -2.42. The number of anilines is 1. The van der Waals surface area contributed by atoms with E-state index >= 15 is 0 Å². The van der Waals surface area contributed by atoms with Gasteiger partial charge in [0.25, 0.3) is 5.91 Å². The van der Waals surface area contributed by atoms with Crippen molar-refractivity contribution in [1.29, 1.82) is 5.26 Å². The van der Waals surface area contributed by atoms with E-state index in [2.05, 4.69) is 5.32 Å². The Morgan fingerprint density at radius 3 is 2.40 bits per heavy atom. The number of aryl methyl sites for hydroxylation is 1. The number of carbonyl (C=O) groups is 2. The predicted octanol–water partition coefficient (Wildman–Crippen LogP) is 4.11. The highest BCUT2D eigenvalue weighted by molar-refractivity contribution is 6.30. The van der Waals surface area contributed by atoms with E-state index < -0.39 is 11.5 Å². The first-order valence-corrected chi connectivity index (χ1v) is 7.84. The van der Waals surface area contributed by atoms with Gasteiger partial charge in [0.05, 0.1) is 5.56 Å². The second-order valence-corrected chi connectivity index (χ2v) is 6.36. The van der Waals surface area contributed by atoms with Gasteiger partial charge in [-0.2, -0.15) is 5.26 Å². The molecule has 2 aromatic rings. The Morgan fingerprint density at radius 1 is 1.28 bits per heavy atom. The Hall–Kier alpha value is -2.78. The number of Topliss-reactive ketones (excluding diaryl/α,β-unsaturated/α-hetero) is 1. The van der Waals surface area contributed by atoms with Crippen LogP contribution in [0.4, 0.5) is 5.88 Å². The highest BCUT2D eigenvalue weighted by Gasteiger charge is 2.32. The Balaban J connectivity index is 2.24. The molecular weight excluding hydrogens is 344 g/mol. The minimum Gasteiger partial charge on any atom is -0.478 e. The number of carbonyl (C=O) groups excluding carboxylic acids is 2. The second-order valence-electron chi connectivity index (χ2n) is 5.93. The maximum absolute atomic E-state index is 12.5. The highest BCUT2D eigenvalue weighted by atomic mass is 35.5. The van der Waals surface area contributed by atoms with E-state index in [1.54, 1.807) is 45.0 Å². The average Bonchev–Trinajstić information content (AvgIpc) is 2.84. The monoisotopic (exact) mass is 360 g/mol. The van der Waals surface area contributed by atoms with Gasteiger partial charge in [0.1, 0.15) is 23.1 Å². The zero-order chi connectivity index (χ0) is 18.8. The lowest BCUT2D eigenvalue weighted by Gasteiger charge is -2.24. The maximum Gasteiger partial charge on any atom is 0.270 e. The molecule has 0 aliphatic heterocycles. The number of furan rings is 1. The van der Waals surface area contributed by atoms with Gasteiger partial charge in [-0.1, -0.05) is 11.6 Å². The van der Waals surface area contributed by atoms with E-state index in [4.69, 9.17) is 20.8 Å². The van der Waals surface area contributed by atoms with Crippen molar-refractivity contribution in [2.24, 2.45) is 0 Å². The molecule has 0 spiro atoms. The van der Waals surface area contributed by atoms with Crippen molar-refractivity contribution in [3.05, 3.63) is 46.2 Å². The van der Waals surface area contributed by atoms with Crippen molar-refractivity contribution >= 4 is 29.2 Å². The predicted molar refractivity (Wildman–Crippen MR) is 93.0 cm³/mol. The number of nitriles is 1. The smallest absolute Gasteiger partial charge is 0.270 e. The van der Waals surface area contributed by atoms with Gasteiger partial charge in [0.15, 0.2) is 11.4 Å². The third-order valence-corrected chi connectivity index (χ3v) is 3.76. The lowest BCUT2D eigenvalue weighted by atomic mass is 10.1. The number of ketones is 1. The van der Waals surface area contributed by atoms with Crippen LogP contribution in [0.1, 0.15) is 42.5 Å². The van der Waals surface area contributed by atoms with Crippen LogP contribution in [0.25, 0.3) is 0 Å². The summed E-state index contributed by atoms with van der Waals surface area (Å²) in [5, 5.41) is 12.4. The molecule has 0 unspecified atom stereocenters. The van der Waals surface area contributed by atoms with Crippen LogP contribution in [0.3, 0.4) is 0 Å². The van der Waals surface area contributed by atoms with Crippen LogP contribution >= 0.6 is 11.6 Å². The summed E-state index contributed by atoms with van der Waals surface area (Å²) in [6.07, 6.45) is 0. The number of hydrogen-bond donors (Lipinski definition) is 1. The molecule has 2 rings (SSSR count). The van der Waals surface area contributed by atoms with Crippen molar-refractivity contribution in [3.8, 4) is 11.8 Å². The quantitative estimate of drug-likeness (QED) is 0.810. The summed E-state index contributed by atoms with van der Waals surface area (Å²) in [6.45, 7) is 6.04. The van der Waals surface area contributed by atoms with E-state index in [0.717, 1.165) is 0 Å². The summed E-state index contributed by atoms with van der Waals surface area (Å²) >= 11 is 5.82. The summed E-state index contributed by atoms with van der Waals surface area (Å²) in [5.41, 5.74) is -1.09. The first-order chi connectivity index (χ1) is 11.7. The summed E-state index contributed by atoms with van der Waals surface area (Å²) in [5.74, 6) is -0.165. The Bertz CT molecular complexity index is 860. The normalized spacial score (nSPS) is 10.9. The SMILES string of the molecule is CC(=O)c1c(C)oc(NC(=O)C(C)(C)Oc2ccc(Cl)cc2)c1C#N. The maximum atomic E-state index is 12.5. The molecule has 0 fully saturated rings. The van der Waals surface area contributed by atoms with E-state index in [1.807, 2.05) is 6.07 Å². The molecule has 7 heteroatoms. The van der Waals surface area contributed by atoms with E-state index in [0.29, 0.717) is 10.8 Å². The molecule has 0 aliphatic carbocycles. The van der Waals surface area contributed by atoms with Gasteiger partial charge >= 0.3 is 0 Å². The van der Waals surface area contributed by atoms with E-state index in [1.165, 1.54) is 6.92 Å². The van der Waals surface area contributed by atoms with Gasteiger partial charge in [0.2, 0.25) is 5.88 Å². The second kappa shape index (κ2) is 6.99. The molecule has 6 nitrogen and oxygen atoms in total. The molecule has 0 saturated heterocycles. The molecule has 0 atom stereocenters. The molecule has 0 saturated carbocycles.